The molecule has 1 aromatic carbocycles. The van der Waals surface area contributed by atoms with Crippen molar-refractivity contribution in [2.24, 2.45) is 0 Å². The molecule has 1 aromatic rings. The summed E-state index contributed by atoms with van der Waals surface area (Å²) < 4.78 is 5.89. The first-order chi connectivity index (χ1) is 8.33. The standard InChI is InChI=1S/C13H15BrN2O2/c1-13(2,3)18-12(17)16-11(8-15)9-6-4-5-7-10(9)14/h4-7,11H,1-3H3,(H,16,17). The molecule has 96 valence electrons. The highest BCUT2D eigenvalue weighted by Crippen LogP contribution is 2.23. The van der Waals surface area contributed by atoms with E-state index in [4.69, 9.17) is 10.00 Å². The smallest absolute Gasteiger partial charge is 0.408 e. The van der Waals surface area contributed by atoms with Crippen molar-refractivity contribution in [3.8, 4) is 6.07 Å². The molecule has 0 aromatic heterocycles. The molecule has 0 aliphatic rings. The molecule has 18 heavy (non-hydrogen) atoms. The Morgan fingerprint density at radius 2 is 2.06 bits per heavy atom. The molecule has 0 saturated carbocycles. The summed E-state index contributed by atoms with van der Waals surface area (Å²) in [5.74, 6) is 0. The molecule has 0 aliphatic carbocycles. The number of halogens is 1. The monoisotopic (exact) mass is 310 g/mol. The molecule has 0 fully saturated rings. The quantitative estimate of drug-likeness (QED) is 0.908. The molecule has 4 nitrogen and oxygen atoms in total. The van der Waals surface area contributed by atoms with Crippen LogP contribution in [0.1, 0.15) is 32.4 Å². The lowest BCUT2D eigenvalue weighted by Crippen LogP contribution is -2.34. The average Bonchev–Trinajstić information content (AvgIpc) is 2.24. The number of rotatable bonds is 2. The third-order valence-corrected chi connectivity index (χ3v) is 2.73. The largest absolute Gasteiger partial charge is 0.444 e. The molecule has 0 aliphatic heterocycles. The van der Waals surface area contributed by atoms with E-state index in [0.29, 0.717) is 5.56 Å². The van der Waals surface area contributed by atoms with Crippen molar-refractivity contribution < 1.29 is 9.53 Å². The van der Waals surface area contributed by atoms with Gasteiger partial charge < -0.3 is 10.1 Å². The van der Waals surface area contributed by atoms with Crippen LogP contribution in [0.4, 0.5) is 4.79 Å². The maximum Gasteiger partial charge on any atom is 0.408 e. The summed E-state index contributed by atoms with van der Waals surface area (Å²) >= 11 is 3.35. The predicted octanol–water partition coefficient (Wildman–Crippen LogP) is 3.54. The number of alkyl carbamates (subject to hydrolysis) is 1. The van der Waals surface area contributed by atoms with Crippen LogP contribution in [-0.2, 0) is 4.74 Å². The molecule has 0 heterocycles. The molecule has 1 unspecified atom stereocenters. The van der Waals surface area contributed by atoms with Gasteiger partial charge in [0.25, 0.3) is 0 Å². The number of hydrogen-bond acceptors (Lipinski definition) is 3. The van der Waals surface area contributed by atoms with Crippen LogP contribution in [0.2, 0.25) is 0 Å². The summed E-state index contributed by atoms with van der Waals surface area (Å²) in [5, 5.41) is 11.6. The number of benzene rings is 1. The number of ether oxygens (including phenoxy) is 1. The molecule has 0 bridgehead atoms. The second-order valence-corrected chi connectivity index (χ2v) is 5.58. The zero-order chi connectivity index (χ0) is 13.8. The van der Waals surface area contributed by atoms with Crippen LogP contribution in [0, 0.1) is 11.3 Å². The van der Waals surface area contributed by atoms with E-state index in [1.807, 2.05) is 18.2 Å². The fraction of sp³-hybridized carbons (Fsp3) is 0.385. The first-order valence-corrected chi connectivity index (χ1v) is 6.26. The number of amides is 1. The Morgan fingerprint density at radius 3 is 2.56 bits per heavy atom. The zero-order valence-electron chi connectivity index (χ0n) is 10.5. The fourth-order valence-corrected chi connectivity index (χ4v) is 1.83. The van der Waals surface area contributed by atoms with Crippen molar-refractivity contribution in [3.05, 3.63) is 34.3 Å². The van der Waals surface area contributed by atoms with Crippen molar-refractivity contribution in [1.82, 2.24) is 5.32 Å². The van der Waals surface area contributed by atoms with E-state index in [0.717, 1.165) is 4.47 Å². The van der Waals surface area contributed by atoms with Gasteiger partial charge in [0, 0.05) is 10.0 Å². The van der Waals surface area contributed by atoms with Gasteiger partial charge in [-0.1, -0.05) is 34.1 Å². The molecule has 0 radical (unpaired) electrons. The van der Waals surface area contributed by atoms with Crippen LogP contribution in [0.5, 0.6) is 0 Å². The number of carbonyl (C=O) groups is 1. The van der Waals surface area contributed by atoms with E-state index < -0.39 is 17.7 Å². The van der Waals surface area contributed by atoms with Crippen LogP contribution < -0.4 is 5.32 Å². The maximum absolute atomic E-state index is 11.6. The highest BCUT2D eigenvalue weighted by Gasteiger charge is 2.21. The maximum atomic E-state index is 11.6. The minimum atomic E-state index is -0.740. The van der Waals surface area contributed by atoms with Crippen LogP contribution in [0.3, 0.4) is 0 Å². The summed E-state index contributed by atoms with van der Waals surface area (Å²) in [6.45, 7) is 5.31. The van der Waals surface area contributed by atoms with E-state index in [1.54, 1.807) is 32.9 Å². The Labute approximate surface area is 115 Å². The first-order valence-electron chi connectivity index (χ1n) is 5.47. The molecule has 1 rings (SSSR count). The summed E-state index contributed by atoms with van der Waals surface area (Å²) in [6, 6.07) is 8.53. The second-order valence-electron chi connectivity index (χ2n) is 4.73. The van der Waals surface area contributed by atoms with Crippen molar-refractivity contribution in [2.75, 3.05) is 0 Å². The van der Waals surface area contributed by atoms with E-state index in [9.17, 15) is 4.79 Å². The Bertz CT molecular complexity index is 475. The SMILES string of the molecule is CC(C)(C)OC(=O)NC(C#N)c1ccccc1Br. The van der Waals surface area contributed by atoms with Crippen LogP contribution >= 0.6 is 15.9 Å². The minimum Gasteiger partial charge on any atom is -0.444 e. The van der Waals surface area contributed by atoms with E-state index >= 15 is 0 Å². The average molecular weight is 311 g/mol. The second kappa shape index (κ2) is 5.87. The lowest BCUT2D eigenvalue weighted by atomic mass is 10.1. The van der Waals surface area contributed by atoms with Crippen molar-refractivity contribution >= 4 is 22.0 Å². The van der Waals surface area contributed by atoms with Gasteiger partial charge in [-0.05, 0) is 26.8 Å². The molecule has 1 amide bonds. The molecule has 1 atom stereocenters. The Balaban J connectivity index is 2.79. The predicted molar refractivity (Wildman–Crippen MR) is 71.9 cm³/mol. The number of nitriles is 1. The summed E-state index contributed by atoms with van der Waals surface area (Å²) in [5.41, 5.74) is 0.115. The van der Waals surface area contributed by atoms with Crippen molar-refractivity contribution in [3.63, 3.8) is 0 Å². The van der Waals surface area contributed by atoms with Gasteiger partial charge >= 0.3 is 6.09 Å². The van der Waals surface area contributed by atoms with Crippen LogP contribution in [0.15, 0.2) is 28.7 Å². The normalized spacial score (nSPS) is 12.4. The first kappa shape index (κ1) is 14.5. The lowest BCUT2D eigenvalue weighted by molar-refractivity contribution is 0.0515. The number of nitrogens with zero attached hydrogens (tertiary/aromatic N) is 1. The van der Waals surface area contributed by atoms with E-state index in [2.05, 4.69) is 21.2 Å². The van der Waals surface area contributed by atoms with Gasteiger partial charge in [-0.15, -0.1) is 0 Å². The number of hydrogen-bond donors (Lipinski definition) is 1. The van der Waals surface area contributed by atoms with Gasteiger partial charge in [-0.25, -0.2) is 4.79 Å². The highest BCUT2D eigenvalue weighted by molar-refractivity contribution is 9.10. The Hall–Kier alpha value is -1.54. The van der Waals surface area contributed by atoms with Crippen molar-refractivity contribution in [1.29, 1.82) is 5.26 Å². The highest BCUT2D eigenvalue weighted by atomic mass is 79.9. The van der Waals surface area contributed by atoms with Gasteiger partial charge in [0.1, 0.15) is 11.6 Å². The summed E-state index contributed by atoms with van der Waals surface area (Å²) in [6.07, 6.45) is -0.607. The minimum absolute atomic E-state index is 0.585. The number of nitrogens with one attached hydrogen (secondary N) is 1. The van der Waals surface area contributed by atoms with Gasteiger partial charge in [0.2, 0.25) is 0 Å². The third kappa shape index (κ3) is 4.38. The van der Waals surface area contributed by atoms with E-state index in [-0.39, 0.29) is 0 Å². The molecule has 0 saturated heterocycles. The van der Waals surface area contributed by atoms with Gasteiger partial charge in [0.05, 0.1) is 6.07 Å². The molecule has 0 spiro atoms. The Kier molecular flexibility index (Phi) is 4.74. The molecular formula is C13H15BrN2O2. The third-order valence-electron chi connectivity index (χ3n) is 2.01. The van der Waals surface area contributed by atoms with Crippen molar-refractivity contribution in [2.45, 2.75) is 32.4 Å². The van der Waals surface area contributed by atoms with Gasteiger partial charge in [0.15, 0.2) is 0 Å². The van der Waals surface area contributed by atoms with Crippen LogP contribution in [0.25, 0.3) is 0 Å². The van der Waals surface area contributed by atoms with Crippen LogP contribution in [-0.4, -0.2) is 11.7 Å². The lowest BCUT2D eigenvalue weighted by Gasteiger charge is -2.21. The Morgan fingerprint density at radius 1 is 1.44 bits per heavy atom. The van der Waals surface area contributed by atoms with E-state index in [1.165, 1.54) is 0 Å². The van der Waals surface area contributed by atoms with Gasteiger partial charge in [-0.3, -0.25) is 0 Å². The van der Waals surface area contributed by atoms with Gasteiger partial charge in [-0.2, -0.15) is 5.26 Å². The number of carbonyl (C=O) groups excluding carboxylic acids is 1. The summed E-state index contributed by atoms with van der Waals surface area (Å²) in [4.78, 5) is 11.6. The molecule has 5 heteroatoms. The molecular weight excluding hydrogens is 296 g/mol. The zero-order valence-corrected chi connectivity index (χ0v) is 12.1. The summed E-state index contributed by atoms with van der Waals surface area (Å²) in [7, 11) is 0. The fourth-order valence-electron chi connectivity index (χ4n) is 1.31. The topological polar surface area (TPSA) is 62.1 Å². The molecule has 1 N–H and O–H groups in total.